The van der Waals surface area contributed by atoms with E-state index in [4.69, 9.17) is 11.6 Å². The van der Waals surface area contributed by atoms with E-state index in [1.165, 1.54) is 15.6 Å². The van der Waals surface area contributed by atoms with Crippen LogP contribution in [0.3, 0.4) is 0 Å². The lowest BCUT2D eigenvalue weighted by Crippen LogP contribution is -2.50. The van der Waals surface area contributed by atoms with Gasteiger partial charge in [0.05, 0.1) is 5.69 Å². The number of benzene rings is 2. The molecule has 0 spiro atoms. The number of anilines is 1. The summed E-state index contributed by atoms with van der Waals surface area (Å²) >= 11 is 6.05. The van der Waals surface area contributed by atoms with E-state index in [1.54, 1.807) is 29.2 Å². The van der Waals surface area contributed by atoms with Crippen LogP contribution in [0.1, 0.15) is 0 Å². The Morgan fingerprint density at radius 3 is 2.47 bits per heavy atom. The van der Waals surface area contributed by atoms with Crippen molar-refractivity contribution in [2.45, 2.75) is 6.54 Å². The fourth-order valence-corrected chi connectivity index (χ4v) is 4.02. The van der Waals surface area contributed by atoms with Crippen molar-refractivity contribution in [3.8, 4) is 5.69 Å². The van der Waals surface area contributed by atoms with Crippen LogP contribution in [0.2, 0.25) is 5.02 Å². The third-order valence-corrected chi connectivity index (χ3v) is 5.78. The SMILES string of the molecule is O=C(Cn1cnc2c(nnn2-c2cccc(Cl)c2)c1=O)N1CCN(c2ccccc2)CC1. The molecule has 0 N–H and O–H groups in total. The van der Waals surface area contributed by atoms with E-state index in [-0.39, 0.29) is 18.0 Å². The summed E-state index contributed by atoms with van der Waals surface area (Å²) in [5.74, 6) is -0.122. The van der Waals surface area contributed by atoms with E-state index < -0.39 is 5.56 Å². The van der Waals surface area contributed by atoms with Crippen LogP contribution >= 0.6 is 11.6 Å². The molecule has 1 saturated heterocycles. The second kappa shape index (κ2) is 8.43. The number of para-hydroxylation sites is 1. The Balaban J connectivity index is 1.31. The predicted molar refractivity (Wildman–Crippen MR) is 121 cm³/mol. The van der Waals surface area contributed by atoms with Gasteiger partial charge >= 0.3 is 0 Å². The highest BCUT2D eigenvalue weighted by molar-refractivity contribution is 6.30. The quantitative estimate of drug-likeness (QED) is 0.473. The molecular formula is C22H20ClN7O2. The Labute approximate surface area is 188 Å². The molecule has 0 aliphatic carbocycles. The molecule has 1 fully saturated rings. The number of rotatable bonds is 4. The summed E-state index contributed by atoms with van der Waals surface area (Å²) in [6.45, 7) is 2.61. The molecule has 1 aliphatic rings. The standard InChI is InChI=1S/C22H20ClN7O2/c23-16-5-4-8-18(13-16)30-21-20(25-26-30)22(32)29(15-24-21)14-19(31)28-11-9-27(10-12-28)17-6-2-1-3-7-17/h1-8,13,15H,9-12,14H2. The number of amides is 1. The number of aromatic nitrogens is 5. The van der Waals surface area contributed by atoms with Crippen molar-refractivity contribution in [3.05, 3.63) is 76.3 Å². The maximum absolute atomic E-state index is 12.9. The molecule has 3 heterocycles. The van der Waals surface area contributed by atoms with Crippen molar-refractivity contribution in [2.75, 3.05) is 31.1 Å². The molecule has 4 aromatic rings. The van der Waals surface area contributed by atoms with Gasteiger partial charge in [-0.15, -0.1) is 5.10 Å². The minimum absolute atomic E-state index is 0.0862. The van der Waals surface area contributed by atoms with Crippen molar-refractivity contribution in [1.82, 2.24) is 29.4 Å². The van der Waals surface area contributed by atoms with E-state index in [0.29, 0.717) is 29.4 Å². The first kappa shape index (κ1) is 20.2. The van der Waals surface area contributed by atoms with Gasteiger partial charge in [0.1, 0.15) is 12.9 Å². The number of hydrogen-bond donors (Lipinski definition) is 0. The number of halogens is 1. The van der Waals surface area contributed by atoms with Crippen LogP contribution in [0.25, 0.3) is 16.9 Å². The number of hydrogen-bond acceptors (Lipinski definition) is 6. The summed E-state index contributed by atoms with van der Waals surface area (Å²) in [6, 6.07) is 17.2. The summed E-state index contributed by atoms with van der Waals surface area (Å²) in [4.78, 5) is 34.1. The van der Waals surface area contributed by atoms with Crippen molar-refractivity contribution >= 4 is 34.4 Å². The Bertz CT molecular complexity index is 1330. The number of fused-ring (bicyclic) bond motifs is 1. The lowest BCUT2D eigenvalue weighted by atomic mass is 10.2. The molecule has 0 saturated carbocycles. The second-order valence-electron chi connectivity index (χ2n) is 7.53. The molecule has 162 valence electrons. The smallest absolute Gasteiger partial charge is 0.284 e. The van der Waals surface area contributed by atoms with Gasteiger partial charge in [-0.2, -0.15) is 4.68 Å². The van der Waals surface area contributed by atoms with Gasteiger partial charge in [-0.1, -0.05) is 41.1 Å². The van der Waals surface area contributed by atoms with Gasteiger partial charge in [-0.25, -0.2) is 4.98 Å². The highest BCUT2D eigenvalue weighted by Gasteiger charge is 2.22. The van der Waals surface area contributed by atoms with Crippen LogP contribution in [0.4, 0.5) is 5.69 Å². The Morgan fingerprint density at radius 1 is 0.969 bits per heavy atom. The molecule has 0 bridgehead atoms. The Morgan fingerprint density at radius 2 is 1.72 bits per heavy atom. The van der Waals surface area contributed by atoms with Crippen LogP contribution in [0.5, 0.6) is 0 Å². The van der Waals surface area contributed by atoms with Gasteiger partial charge in [0.2, 0.25) is 5.91 Å². The molecular weight excluding hydrogens is 430 g/mol. The van der Waals surface area contributed by atoms with Crippen LogP contribution in [-0.4, -0.2) is 61.5 Å². The van der Waals surface area contributed by atoms with Gasteiger partial charge in [-0.05, 0) is 30.3 Å². The first-order valence-electron chi connectivity index (χ1n) is 10.2. The zero-order valence-corrected chi connectivity index (χ0v) is 17.9. The normalized spacial score (nSPS) is 14.2. The van der Waals surface area contributed by atoms with Gasteiger partial charge in [0, 0.05) is 36.9 Å². The van der Waals surface area contributed by atoms with E-state index in [1.807, 2.05) is 18.2 Å². The summed E-state index contributed by atoms with van der Waals surface area (Å²) in [6.07, 6.45) is 1.37. The van der Waals surface area contributed by atoms with Crippen molar-refractivity contribution in [1.29, 1.82) is 0 Å². The molecule has 10 heteroatoms. The monoisotopic (exact) mass is 449 g/mol. The molecule has 2 aromatic heterocycles. The Hall–Kier alpha value is -3.72. The van der Waals surface area contributed by atoms with Gasteiger partial charge in [-0.3, -0.25) is 14.2 Å². The van der Waals surface area contributed by atoms with Crippen LogP contribution < -0.4 is 10.5 Å². The van der Waals surface area contributed by atoms with Crippen LogP contribution in [0.15, 0.2) is 65.7 Å². The molecule has 32 heavy (non-hydrogen) atoms. The molecule has 5 rings (SSSR count). The third-order valence-electron chi connectivity index (χ3n) is 5.54. The van der Waals surface area contributed by atoms with E-state index in [2.05, 4.69) is 32.3 Å². The van der Waals surface area contributed by atoms with Crippen LogP contribution in [0, 0.1) is 0 Å². The third kappa shape index (κ3) is 3.82. The molecule has 1 aliphatic heterocycles. The van der Waals surface area contributed by atoms with Crippen molar-refractivity contribution in [3.63, 3.8) is 0 Å². The largest absolute Gasteiger partial charge is 0.368 e. The van der Waals surface area contributed by atoms with E-state index >= 15 is 0 Å². The van der Waals surface area contributed by atoms with Crippen molar-refractivity contribution in [2.24, 2.45) is 0 Å². The summed E-state index contributed by atoms with van der Waals surface area (Å²) in [7, 11) is 0. The maximum Gasteiger partial charge on any atom is 0.284 e. The molecule has 1 amide bonds. The Kier molecular flexibility index (Phi) is 5.32. The predicted octanol–water partition coefficient (Wildman–Crippen LogP) is 1.98. The van der Waals surface area contributed by atoms with Gasteiger partial charge in [0.25, 0.3) is 5.56 Å². The average Bonchev–Trinajstić information content (AvgIpc) is 3.26. The second-order valence-corrected chi connectivity index (χ2v) is 7.97. The first-order valence-corrected chi connectivity index (χ1v) is 10.6. The summed E-state index contributed by atoms with van der Waals surface area (Å²) < 4.78 is 2.74. The number of carbonyl (C=O) groups is 1. The summed E-state index contributed by atoms with van der Waals surface area (Å²) in [5.41, 5.74) is 1.82. The molecule has 2 aromatic carbocycles. The highest BCUT2D eigenvalue weighted by atomic mass is 35.5. The first-order chi connectivity index (χ1) is 15.6. The number of piperazine rings is 1. The minimum Gasteiger partial charge on any atom is -0.368 e. The lowest BCUT2D eigenvalue weighted by molar-refractivity contribution is -0.132. The zero-order valence-electron chi connectivity index (χ0n) is 17.1. The van der Waals surface area contributed by atoms with Crippen molar-refractivity contribution < 1.29 is 4.79 Å². The van der Waals surface area contributed by atoms with Crippen LogP contribution in [-0.2, 0) is 11.3 Å². The van der Waals surface area contributed by atoms with E-state index in [0.717, 1.165) is 18.8 Å². The molecule has 0 unspecified atom stereocenters. The molecule has 9 nitrogen and oxygen atoms in total. The van der Waals surface area contributed by atoms with Gasteiger partial charge in [0.15, 0.2) is 11.2 Å². The topological polar surface area (TPSA) is 89.1 Å². The number of carbonyl (C=O) groups excluding carboxylic acids is 1. The lowest BCUT2D eigenvalue weighted by Gasteiger charge is -2.36. The van der Waals surface area contributed by atoms with Gasteiger partial charge < -0.3 is 9.80 Å². The summed E-state index contributed by atoms with van der Waals surface area (Å²) in [5, 5.41) is 8.58. The minimum atomic E-state index is -0.403. The highest BCUT2D eigenvalue weighted by Crippen LogP contribution is 2.17. The molecule has 0 radical (unpaired) electrons. The number of nitrogens with zero attached hydrogens (tertiary/aromatic N) is 7. The fraction of sp³-hybridized carbons (Fsp3) is 0.227. The average molecular weight is 450 g/mol. The maximum atomic E-state index is 12.9. The molecule has 0 atom stereocenters. The zero-order chi connectivity index (χ0) is 22.1. The fourth-order valence-electron chi connectivity index (χ4n) is 3.84. The van der Waals surface area contributed by atoms with E-state index in [9.17, 15) is 9.59 Å².